The first-order valence-corrected chi connectivity index (χ1v) is 11.1. The van der Waals surface area contributed by atoms with Crippen LogP contribution < -0.4 is 19.7 Å². The number of aryl methyl sites for hydroxylation is 2. The van der Waals surface area contributed by atoms with Crippen molar-refractivity contribution >= 4 is 29.6 Å². The molecule has 0 aliphatic carbocycles. The van der Waals surface area contributed by atoms with Crippen LogP contribution in [0, 0.1) is 20.8 Å². The SMILES string of the molecule is COc1ccc(/C=C2\C(=O)NC(=O)N(c3cccc(C)c3C)C2=O)c(OCc2cccc(C)c2)c1. The number of anilines is 1. The third-order valence-corrected chi connectivity index (χ3v) is 5.92. The van der Waals surface area contributed by atoms with E-state index in [2.05, 4.69) is 5.32 Å². The Morgan fingerprint density at radius 2 is 1.71 bits per heavy atom. The van der Waals surface area contributed by atoms with Crippen LogP contribution in [-0.4, -0.2) is 25.0 Å². The molecule has 0 bridgehead atoms. The maximum Gasteiger partial charge on any atom is 0.335 e. The molecule has 0 aromatic heterocycles. The van der Waals surface area contributed by atoms with Gasteiger partial charge < -0.3 is 9.47 Å². The number of carbonyl (C=O) groups excluding carboxylic acids is 3. The number of hydrogen-bond acceptors (Lipinski definition) is 5. The minimum atomic E-state index is -0.781. The fraction of sp³-hybridized carbons (Fsp3) is 0.179. The number of urea groups is 1. The molecule has 1 aliphatic heterocycles. The van der Waals surface area contributed by atoms with Gasteiger partial charge in [-0.25, -0.2) is 9.69 Å². The second-order valence-electron chi connectivity index (χ2n) is 8.36. The highest BCUT2D eigenvalue weighted by Crippen LogP contribution is 2.31. The second-order valence-corrected chi connectivity index (χ2v) is 8.36. The predicted octanol–water partition coefficient (Wildman–Crippen LogP) is 4.87. The lowest BCUT2D eigenvalue weighted by Gasteiger charge is -2.28. The maximum atomic E-state index is 13.4. The minimum Gasteiger partial charge on any atom is -0.497 e. The molecule has 0 unspecified atom stereocenters. The topological polar surface area (TPSA) is 84.9 Å². The highest BCUT2D eigenvalue weighted by Gasteiger charge is 2.37. The molecule has 1 heterocycles. The van der Waals surface area contributed by atoms with E-state index < -0.39 is 17.8 Å². The van der Waals surface area contributed by atoms with E-state index in [9.17, 15) is 14.4 Å². The Hall–Kier alpha value is -4.39. The number of carbonyl (C=O) groups is 3. The number of benzene rings is 3. The number of ether oxygens (including phenoxy) is 2. The molecule has 1 fully saturated rings. The molecule has 0 radical (unpaired) electrons. The van der Waals surface area contributed by atoms with Gasteiger partial charge in [0.2, 0.25) is 0 Å². The molecule has 178 valence electrons. The summed E-state index contributed by atoms with van der Waals surface area (Å²) in [4.78, 5) is 39.7. The van der Waals surface area contributed by atoms with E-state index >= 15 is 0 Å². The number of nitrogens with one attached hydrogen (secondary N) is 1. The zero-order chi connectivity index (χ0) is 25.1. The first-order valence-electron chi connectivity index (χ1n) is 11.1. The Kier molecular flexibility index (Phi) is 6.68. The van der Waals surface area contributed by atoms with E-state index in [4.69, 9.17) is 9.47 Å². The van der Waals surface area contributed by atoms with Crippen molar-refractivity contribution in [2.75, 3.05) is 12.0 Å². The molecule has 0 spiro atoms. The number of imide groups is 2. The number of barbiturate groups is 1. The largest absolute Gasteiger partial charge is 0.497 e. The number of nitrogens with zero attached hydrogens (tertiary/aromatic N) is 1. The third-order valence-electron chi connectivity index (χ3n) is 5.92. The van der Waals surface area contributed by atoms with Crippen molar-refractivity contribution < 1.29 is 23.9 Å². The van der Waals surface area contributed by atoms with Gasteiger partial charge in [-0.05, 0) is 61.7 Å². The van der Waals surface area contributed by atoms with Crippen molar-refractivity contribution in [1.82, 2.24) is 5.32 Å². The molecular formula is C28H26N2O5. The van der Waals surface area contributed by atoms with Gasteiger partial charge in [-0.15, -0.1) is 0 Å². The van der Waals surface area contributed by atoms with Gasteiger partial charge in [-0.1, -0.05) is 42.0 Å². The molecule has 1 saturated heterocycles. The average Bonchev–Trinajstić information content (AvgIpc) is 2.83. The Labute approximate surface area is 204 Å². The van der Waals surface area contributed by atoms with Crippen molar-refractivity contribution in [3.63, 3.8) is 0 Å². The standard InChI is InChI=1S/C28H26N2O5/c1-17-7-5-9-20(13-17)16-35-25-15-22(34-4)12-11-21(25)14-23-26(31)29-28(33)30(27(23)32)24-10-6-8-18(2)19(24)3/h5-15H,16H2,1-4H3,(H,29,31,33)/b23-14+. The average molecular weight is 471 g/mol. The van der Waals surface area contributed by atoms with Crippen LogP contribution >= 0.6 is 0 Å². The molecule has 4 rings (SSSR count). The van der Waals surface area contributed by atoms with Crippen LogP contribution in [0.5, 0.6) is 11.5 Å². The van der Waals surface area contributed by atoms with E-state index in [1.165, 1.54) is 6.08 Å². The Bertz CT molecular complexity index is 1360. The summed E-state index contributed by atoms with van der Waals surface area (Å²) in [5.74, 6) is -0.456. The van der Waals surface area contributed by atoms with Crippen molar-refractivity contribution in [2.45, 2.75) is 27.4 Å². The van der Waals surface area contributed by atoms with Crippen LogP contribution in [0.1, 0.15) is 27.8 Å². The van der Waals surface area contributed by atoms with Crippen LogP contribution in [0.3, 0.4) is 0 Å². The van der Waals surface area contributed by atoms with Crippen molar-refractivity contribution in [1.29, 1.82) is 0 Å². The van der Waals surface area contributed by atoms with Gasteiger partial charge in [-0.2, -0.15) is 0 Å². The molecule has 1 N–H and O–H groups in total. The molecular weight excluding hydrogens is 444 g/mol. The van der Waals surface area contributed by atoms with Crippen molar-refractivity contribution in [2.24, 2.45) is 0 Å². The lowest BCUT2D eigenvalue weighted by Crippen LogP contribution is -2.54. The monoisotopic (exact) mass is 470 g/mol. The maximum absolute atomic E-state index is 13.4. The van der Waals surface area contributed by atoms with E-state index in [1.807, 2.05) is 51.1 Å². The smallest absolute Gasteiger partial charge is 0.335 e. The Morgan fingerprint density at radius 3 is 2.46 bits per heavy atom. The summed E-state index contributed by atoms with van der Waals surface area (Å²) in [7, 11) is 1.55. The van der Waals surface area contributed by atoms with Gasteiger partial charge in [0.1, 0.15) is 23.7 Å². The predicted molar refractivity (Wildman–Crippen MR) is 133 cm³/mol. The van der Waals surface area contributed by atoms with Gasteiger partial charge >= 0.3 is 6.03 Å². The van der Waals surface area contributed by atoms with Crippen LogP contribution in [0.4, 0.5) is 10.5 Å². The number of hydrogen-bond donors (Lipinski definition) is 1. The zero-order valence-electron chi connectivity index (χ0n) is 20.0. The Morgan fingerprint density at radius 1 is 0.943 bits per heavy atom. The van der Waals surface area contributed by atoms with Crippen LogP contribution in [0.2, 0.25) is 0 Å². The van der Waals surface area contributed by atoms with Crippen LogP contribution in [0.25, 0.3) is 6.08 Å². The van der Waals surface area contributed by atoms with Gasteiger partial charge in [-0.3, -0.25) is 14.9 Å². The summed E-state index contributed by atoms with van der Waals surface area (Å²) < 4.78 is 11.4. The minimum absolute atomic E-state index is 0.170. The van der Waals surface area contributed by atoms with E-state index in [1.54, 1.807) is 37.4 Å². The lowest BCUT2D eigenvalue weighted by molar-refractivity contribution is -0.122. The highest BCUT2D eigenvalue weighted by atomic mass is 16.5. The molecule has 4 amide bonds. The summed E-state index contributed by atoms with van der Waals surface area (Å²) >= 11 is 0. The summed E-state index contributed by atoms with van der Waals surface area (Å²) in [5, 5.41) is 2.27. The normalized spacial score (nSPS) is 14.8. The fourth-order valence-corrected chi connectivity index (χ4v) is 3.86. The highest BCUT2D eigenvalue weighted by molar-refractivity contribution is 6.39. The van der Waals surface area contributed by atoms with Gasteiger partial charge in [0.25, 0.3) is 11.8 Å². The molecule has 3 aromatic carbocycles. The molecule has 0 saturated carbocycles. The molecule has 35 heavy (non-hydrogen) atoms. The molecule has 0 atom stereocenters. The summed E-state index contributed by atoms with van der Waals surface area (Å²) in [6.07, 6.45) is 1.44. The van der Waals surface area contributed by atoms with E-state index in [0.717, 1.165) is 27.2 Å². The van der Waals surface area contributed by atoms with Crippen molar-refractivity contribution in [3.8, 4) is 11.5 Å². The number of rotatable bonds is 6. The molecule has 3 aromatic rings. The van der Waals surface area contributed by atoms with Gasteiger partial charge in [0, 0.05) is 11.6 Å². The van der Waals surface area contributed by atoms with E-state index in [-0.39, 0.29) is 12.2 Å². The van der Waals surface area contributed by atoms with Gasteiger partial charge in [0.15, 0.2) is 0 Å². The second kappa shape index (κ2) is 9.85. The van der Waals surface area contributed by atoms with Crippen LogP contribution in [-0.2, 0) is 16.2 Å². The lowest BCUT2D eigenvalue weighted by atomic mass is 10.0. The van der Waals surface area contributed by atoms with Gasteiger partial charge in [0.05, 0.1) is 12.8 Å². The molecule has 7 nitrogen and oxygen atoms in total. The number of amides is 4. The first kappa shape index (κ1) is 23.8. The number of methoxy groups -OCH3 is 1. The van der Waals surface area contributed by atoms with E-state index in [0.29, 0.717) is 22.7 Å². The first-order chi connectivity index (χ1) is 16.8. The van der Waals surface area contributed by atoms with Crippen LogP contribution in [0.15, 0.2) is 66.2 Å². The van der Waals surface area contributed by atoms with Crippen molar-refractivity contribution in [3.05, 3.63) is 94.1 Å². The Balaban J connectivity index is 1.71. The zero-order valence-corrected chi connectivity index (χ0v) is 20.0. The third kappa shape index (κ3) is 4.94. The fourth-order valence-electron chi connectivity index (χ4n) is 3.86. The quantitative estimate of drug-likeness (QED) is 0.411. The summed E-state index contributed by atoms with van der Waals surface area (Å²) in [6.45, 7) is 6.01. The summed E-state index contributed by atoms with van der Waals surface area (Å²) in [6, 6.07) is 17.6. The molecule has 7 heteroatoms. The summed E-state index contributed by atoms with van der Waals surface area (Å²) in [5.41, 5.74) is 4.55. The molecule has 1 aliphatic rings.